The molecule has 2 aromatic rings. The summed E-state index contributed by atoms with van der Waals surface area (Å²) in [6, 6.07) is 0. The highest BCUT2D eigenvalue weighted by molar-refractivity contribution is 5.95. The van der Waals surface area contributed by atoms with Gasteiger partial charge in [0.15, 0.2) is 0 Å². The van der Waals surface area contributed by atoms with Gasteiger partial charge in [-0.15, -0.1) is 0 Å². The number of anilines is 1. The Balaban J connectivity index is 1.65. The van der Waals surface area contributed by atoms with E-state index in [-0.39, 0.29) is 5.91 Å². The van der Waals surface area contributed by atoms with Crippen LogP contribution in [0.3, 0.4) is 0 Å². The van der Waals surface area contributed by atoms with Crippen LogP contribution in [0.15, 0.2) is 18.6 Å². The first kappa shape index (κ1) is 18.2. The molecule has 2 atom stereocenters. The summed E-state index contributed by atoms with van der Waals surface area (Å²) in [7, 11) is 0. The molecule has 0 aromatic carbocycles. The molecule has 0 radical (unpaired) electrons. The molecule has 1 amide bonds. The van der Waals surface area contributed by atoms with Gasteiger partial charge in [-0.25, -0.2) is 0 Å². The molecule has 2 aromatic heterocycles. The van der Waals surface area contributed by atoms with Crippen molar-refractivity contribution in [3.8, 4) is 0 Å². The molecule has 0 spiro atoms. The molecule has 26 heavy (non-hydrogen) atoms. The molecule has 1 saturated carbocycles. The lowest BCUT2D eigenvalue weighted by Gasteiger charge is -2.27. The van der Waals surface area contributed by atoms with Gasteiger partial charge < -0.3 is 10.4 Å². The summed E-state index contributed by atoms with van der Waals surface area (Å²) in [6.07, 6.45) is 8.12. The van der Waals surface area contributed by atoms with E-state index in [4.69, 9.17) is 0 Å². The molecule has 3 rings (SSSR count). The lowest BCUT2D eigenvalue weighted by molar-refractivity contribution is -0.147. The fraction of sp³-hybridized carbons (Fsp3) is 0.556. The number of nitrogens with zero attached hydrogens (tertiary/aromatic N) is 4. The van der Waals surface area contributed by atoms with E-state index in [1.54, 1.807) is 17.1 Å². The van der Waals surface area contributed by atoms with Gasteiger partial charge in [0, 0.05) is 24.0 Å². The third-order valence-corrected chi connectivity index (χ3v) is 5.16. The summed E-state index contributed by atoms with van der Waals surface area (Å²) >= 11 is 0. The van der Waals surface area contributed by atoms with E-state index in [0.29, 0.717) is 25.1 Å². The normalized spacial score (nSPS) is 20.1. The van der Waals surface area contributed by atoms with Gasteiger partial charge in [-0.1, -0.05) is 12.8 Å². The second kappa shape index (κ2) is 7.72. The maximum Gasteiger partial charge on any atom is 0.307 e. The molecule has 0 bridgehead atoms. The van der Waals surface area contributed by atoms with Gasteiger partial charge in [0.2, 0.25) is 5.91 Å². The summed E-state index contributed by atoms with van der Waals surface area (Å²) in [5.74, 6) is -2.19. The van der Waals surface area contributed by atoms with Gasteiger partial charge in [0.25, 0.3) is 0 Å². The first-order chi connectivity index (χ1) is 12.5. The standard InChI is InChI=1S/C18H25N5O3/c1-3-23-12(2)13(8-20-23)10-22-11-14(9-19-22)21-17(24)15-6-4-5-7-16(15)18(25)26/h8-9,11,15-16H,3-7,10H2,1-2H3,(H,21,24)(H,25,26). The van der Waals surface area contributed by atoms with Gasteiger partial charge in [-0.05, 0) is 26.7 Å². The number of hydrogen-bond acceptors (Lipinski definition) is 4. The Labute approximate surface area is 152 Å². The summed E-state index contributed by atoms with van der Waals surface area (Å²) in [4.78, 5) is 23.9. The van der Waals surface area contributed by atoms with Crippen molar-refractivity contribution in [1.82, 2.24) is 19.6 Å². The zero-order valence-electron chi connectivity index (χ0n) is 15.2. The molecule has 8 heteroatoms. The molecule has 2 N–H and O–H groups in total. The van der Waals surface area contributed by atoms with E-state index in [1.807, 2.05) is 24.7 Å². The third kappa shape index (κ3) is 3.79. The highest BCUT2D eigenvalue weighted by Gasteiger charge is 2.35. The summed E-state index contributed by atoms with van der Waals surface area (Å²) in [5.41, 5.74) is 2.76. The van der Waals surface area contributed by atoms with E-state index in [9.17, 15) is 14.7 Å². The van der Waals surface area contributed by atoms with Crippen LogP contribution in [0.2, 0.25) is 0 Å². The molecule has 140 valence electrons. The minimum atomic E-state index is -0.885. The number of amides is 1. The number of nitrogens with one attached hydrogen (secondary N) is 1. The second-order valence-electron chi connectivity index (χ2n) is 6.82. The fourth-order valence-corrected chi connectivity index (χ4v) is 3.62. The Bertz CT molecular complexity index is 795. The van der Waals surface area contributed by atoms with Crippen molar-refractivity contribution < 1.29 is 14.7 Å². The van der Waals surface area contributed by atoms with Crippen molar-refractivity contribution >= 4 is 17.6 Å². The molecular weight excluding hydrogens is 334 g/mol. The second-order valence-corrected chi connectivity index (χ2v) is 6.82. The monoisotopic (exact) mass is 359 g/mol. The van der Waals surface area contributed by atoms with Gasteiger partial charge in [0.05, 0.1) is 36.5 Å². The maximum absolute atomic E-state index is 12.5. The average molecular weight is 359 g/mol. The summed E-state index contributed by atoms with van der Waals surface area (Å²) < 4.78 is 3.67. The number of carbonyl (C=O) groups is 2. The number of aryl methyl sites for hydroxylation is 1. The first-order valence-electron chi connectivity index (χ1n) is 9.07. The molecule has 1 aliphatic carbocycles. The van der Waals surface area contributed by atoms with Crippen LogP contribution >= 0.6 is 0 Å². The number of hydrogen-bond donors (Lipinski definition) is 2. The highest BCUT2D eigenvalue weighted by Crippen LogP contribution is 2.31. The number of carbonyl (C=O) groups excluding carboxylic acids is 1. The predicted octanol–water partition coefficient (Wildman–Crippen LogP) is 2.29. The molecule has 0 aliphatic heterocycles. The average Bonchev–Trinajstić information content (AvgIpc) is 3.22. The first-order valence-corrected chi connectivity index (χ1v) is 9.07. The van der Waals surface area contributed by atoms with Gasteiger partial charge in [-0.2, -0.15) is 10.2 Å². The largest absolute Gasteiger partial charge is 0.481 e. The molecule has 2 heterocycles. The predicted molar refractivity (Wildman–Crippen MR) is 95.7 cm³/mol. The smallest absolute Gasteiger partial charge is 0.307 e. The number of rotatable bonds is 6. The summed E-state index contributed by atoms with van der Waals surface area (Å²) in [6.45, 7) is 5.45. The Morgan fingerprint density at radius 1 is 1.23 bits per heavy atom. The molecule has 1 fully saturated rings. The number of carboxylic acids is 1. The quantitative estimate of drug-likeness (QED) is 0.824. The van der Waals surface area contributed by atoms with Crippen molar-refractivity contribution in [2.24, 2.45) is 11.8 Å². The molecular formula is C18H25N5O3. The van der Waals surface area contributed by atoms with Crippen LogP contribution in [0.5, 0.6) is 0 Å². The number of carboxylic acid groups (broad SMARTS) is 1. The van der Waals surface area contributed by atoms with Gasteiger partial charge >= 0.3 is 5.97 Å². The Kier molecular flexibility index (Phi) is 5.39. The fourth-order valence-electron chi connectivity index (χ4n) is 3.62. The molecule has 8 nitrogen and oxygen atoms in total. The minimum Gasteiger partial charge on any atom is -0.481 e. The maximum atomic E-state index is 12.5. The van der Waals surface area contributed by atoms with Crippen LogP contribution in [0.4, 0.5) is 5.69 Å². The Morgan fingerprint density at radius 3 is 2.62 bits per heavy atom. The SMILES string of the molecule is CCn1ncc(Cn2cc(NC(=O)C3CCCCC3C(=O)O)cn2)c1C. The zero-order valence-corrected chi connectivity index (χ0v) is 15.2. The van der Waals surface area contributed by atoms with Crippen LogP contribution < -0.4 is 5.32 Å². The van der Waals surface area contributed by atoms with E-state index in [0.717, 1.165) is 30.6 Å². The lowest BCUT2D eigenvalue weighted by atomic mass is 9.78. The van der Waals surface area contributed by atoms with Crippen molar-refractivity contribution in [2.75, 3.05) is 5.32 Å². The van der Waals surface area contributed by atoms with Crippen LogP contribution in [-0.4, -0.2) is 36.5 Å². The topological polar surface area (TPSA) is 102 Å². The van der Waals surface area contributed by atoms with E-state index >= 15 is 0 Å². The van der Waals surface area contributed by atoms with Crippen molar-refractivity contribution in [3.63, 3.8) is 0 Å². The van der Waals surface area contributed by atoms with Crippen molar-refractivity contribution in [1.29, 1.82) is 0 Å². The Morgan fingerprint density at radius 2 is 1.96 bits per heavy atom. The van der Waals surface area contributed by atoms with E-state index < -0.39 is 17.8 Å². The molecule has 1 aliphatic rings. The lowest BCUT2D eigenvalue weighted by Crippen LogP contribution is -2.35. The summed E-state index contributed by atoms with van der Waals surface area (Å²) in [5, 5.41) is 20.8. The van der Waals surface area contributed by atoms with Gasteiger partial charge in [-0.3, -0.25) is 19.0 Å². The van der Waals surface area contributed by atoms with Crippen molar-refractivity contribution in [3.05, 3.63) is 29.8 Å². The van der Waals surface area contributed by atoms with Crippen LogP contribution in [-0.2, 0) is 22.7 Å². The molecule has 0 saturated heterocycles. The zero-order chi connectivity index (χ0) is 18.7. The Hall–Kier alpha value is -2.64. The van der Waals surface area contributed by atoms with Crippen molar-refractivity contribution in [2.45, 2.75) is 52.6 Å². The minimum absolute atomic E-state index is 0.230. The van der Waals surface area contributed by atoms with E-state index in [1.165, 1.54) is 0 Å². The molecule has 2 unspecified atom stereocenters. The highest BCUT2D eigenvalue weighted by atomic mass is 16.4. The van der Waals surface area contributed by atoms with E-state index in [2.05, 4.69) is 15.5 Å². The van der Waals surface area contributed by atoms with Crippen LogP contribution in [0, 0.1) is 18.8 Å². The van der Waals surface area contributed by atoms with Gasteiger partial charge in [0.1, 0.15) is 0 Å². The van der Waals surface area contributed by atoms with Crippen LogP contribution in [0.25, 0.3) is 0 Å². The third-order valence-electron chi connectivity index (χ3n) is 5.16. The van der Waals surface area contributed by atoms with Crippen LogP contribution in [0.1, 0.15) is 43.9 Å². The number of aliphatic carboxylic acids is 1. The number of aromatic nitrogens is 4.